The summed E-state index contributed by atoms with van der Waals surface area (Å²) in [5.41, 5.74) is 4.11. The van der Waals surface area contributed by atoms with E-state index in [4.69, 9.17) is 0 Å². The number of allylic oxidation sites excluding steroid dienone is 4. The fourth-order valence-corrected chi connectivity index (χ4v) is 4.36. The molecule has 2 aromatic heterocycles. The number of nitrogens with zero attached hydrogens (tertiary/aromatic N) is 2. The monoisotopic (exact) mass is 502 g/mol. The highest BCUT2D eigenvalue weighted by Crippen LogP contribution is 2.33. The predicted molar refractivity (Wildman–Crippen MR) is 148 cm³/mol. The van der Waals surface area contributed by atoms with E-state index in [1.165, 1.54) is 6.07 Å². The van der Waals surface area contributed by atoms with E-state index in [9.17, 15) is 4.79 Å². The largest absolute Gasteiger partial charge is 0.364 e. The SMILES string of the molecule is C=C/C(=C\C=C(/C)C(=O)NCc1ccc(-c2ccnc3[nH]nc(N[C@H]4CCNC4)c23)cc1F)C(C)(C)C. The van der Waals surface area contributed by atoms with E-state index in [2.05, 4.69) is 58.5 Å². The van der Waals surface area contributed by atoms with E-state index in [0.717, 1.165) is 36.0 Å². The van der Waals surface area contributed by atoms with Crippen LogP contribution in [0.2, 0.25) is 0 Å². The van der Waals surface area contributed by atoms with Crippen LogP contribution >= 0.6 is 0 Å². The average molecular weight is 503 g/mol. The summed E-state index contributed by atoms with van der Waals surface area (Å²) in [5.74, 6) is 0.0818. The van der Waals surface area contributed by atoms with Gasteiger partial charge in [0.05, 0.1) is 5.39 Å². The minimum atomic E-state index is -0.385. The molecule has 1 saturated heterocycles. The molecule has 0 spiro atoms. The minimum Gasteiger partial charge on any atom is -0.364 e. The van der Waals surface area contributed by atoms with Crippen LogP contribution in [0.4, 0.5) is 10.2 Å². The molecule has 4 N–H and O–H groups in total. The molecule has 1 aromatic carbocycles. The van der Waals surface area contributed by atoms with Crippen molar-refractivity contribution in [1.82, 2.24) is 25.8 Å². The number of halogens is 1. The highest BCUT2D eigenvalue weighted by atomic mass is 19.1. The Kier molecular flexibility index (Phi) is 7.88. The third-order valence-corrected chi connectivity index (χ3v) is 6.62. The van der Waals surface area contributed by atoms with E-state index in [1.807, 2.05) is 18.2 Å². The number of hydrogen-bond donors (Lipinski definition) is 4. The Morgan fingerprint density at radius 3 is 2.76 bits per heavy atom. The van der Waals surface area contributed by atoms with Gasteiger partial charge in [0.15, 0.2) is 11.5 Å². The van der Waals surface area contributed by atoms with Gasteiger partial charge >= 0.3 is 0 Å². The molecule has 1 amide bonds. The Balaban J connectivity index is 1.50. The van der Waals surface area contributed by atoms with Gasteiger partial charge in [-0.1, -0.05) is 57.7 Å². The smallest absolute Gasteiger partial charge is 0.247 e. The standard InChI is InChI=1S/C29H35FN6O/c1-6-21(29(3,4)5)10-7-18(2)28(37)33-16-20-9-8-19(15-24(20)30)23-12-14-32-26-25(23)27(36-35-26)34-22-11-13-31-17-22/h6-10,12,14-15,22,31H,1,11,13,16-17H2,2-5H3,(H,33,37)(H2,32,34,35,36)/b18-7+,21-10+/t22-/m0/s1. The number of carbonyl (C=O) groups is 1. The lowest BCUT2D eigenvalue weighted by atomic mass is 9.86. The number of carbonyl (C=O) groups excluding carboxylic acids is 1. The number of amides is 1. The second-order valence-electron chi connectivity index (χ2n) is 10.4. The number of benzene rings is 1. The van der Waals surface area contributed by atoms with E-state index < -0.39 is 0 Å². The van der Waals surface area contributed by atoms with Crippen molar-refractivity contribution in [2.24, 2.45) is 5.41 Å². The van der Waals surface area contributed by atoms with Crippen LogP contribution in [0.25, 0.3) is 22.2 Å². The van der Waals surface area contributed by atoms with Gasteiger partial charge in [0.1, 0.15) is 5.82 Å². The summed E-state index contributed by atoms with van der Waals surface area (Å²) in [6.07, 6.45) is 8.16. The molecular weight excluding hydrogens is 467 g/mol. The quantitative estimate of drug-likeness (QED) is 0.249. The second kappa shape index (κ2) is 11.1. The van der Waals surface area contributed by atoms with Crippen molar-refractivity contribution < 1.29 is 9.18 Å². The lowest BCUT2D eigenvalue weighted by molar-refractivity contribution is -0.117. The third-order valence-electron chi connectivity index (χ3n) is 6.62. The first-order valence-corrected chi connectivity index (χ1v) is 12.6. The molecule has 0 saturated carbocycles. The number of aromatic nitrogens is 3. The molecule has 37 heavy (non-hydrogen) atoms. The molecule has 4 rings (SSSR count). The normalized spacial score (nSPS) is 16.7. The summed E-state index contributed by atoms with van der Waals surface area (Å²) in [7, 11) is 0. The Bertz CT molecular complexity index is 1360. The van der Waals surface area contributed by atoms with Crippen LogP contribution in [0.1, 0.15) is 39.7 Å². The first-order chi connectivity index (χ1) is 17.7. The van der Waals surface area contributed by atoms with Crippen LogP contribution in [0.15, 0.2) is 66.4 Å². The van der Waals surface area contributed by atoms with Crippen molar-refractivity contribution in [3.8, 4) is 11.1 Å². The zero-order chi connectivity index (χ0) is 26.6. The van der Waals surface area contributed by atoms with Crippen molar-refractivity contribution in [3.05, 3.63) is 77.8 Å². The van der Waals surface area contributed by atoms with E-state index in [-0.39, 0.29) is 29.7 Å². The second-order valence-corrected chi connectivity index (χ2v) is 10.4. The van der Waals surface area contributed by atoms with Gasteiger partial charge in [-0.15, -0.1) is 0 Å². The molecule has 0 aliphatic carbocycles. The van der Waals surface area contributed by atoms with Crippen LogP contribution in [-0.2, 0) is 11.3 Å². The van der Waals surface area contributed by atoms with Crippen molar-refractivity contribution in [2.45, 2.75) is 46.7 Å². The maximum absolute atomic E-state index is 15.1. The fourth-order valence-electron chi connectivity index (χ4n) is 4.36. The molecule has 1 aliphatic rings. The summed E-state index contributed by atoms with van der Waals surface area (Å²) in [6, 6.07) is 7.21. The maximum atomic E-state index is 15.1. The molecule has 194 valence electrons. The summed E-state index contributed by atoms with van der Waals surface area (Å²) in [5, 5.41) is 17.8. The van der Waals surface area contributed by atoms with Gasteiger partial charge in [-0.3, -0.25) is 9.89 Å². The molecule has 7 nitrogen and oxygen atoms in total. The number of pyridine rings is 1. The summed E-state index contributed by atoms with van der Waals surface area (Å²) in [4.78, 5) is 17.0. The van der Waals surface area contributed by atoms with Gasteiger partial charge < -0.3 is 16.0 Å². The van der Waals surface area contributed by atoms with Gasteiger partial charge in [0.2, 0.25) is 5.91 Å². The highest BCUT2D eigenvalue weighted by Gasteiger charge is 2.20. The van der Waals surface area contributed by atoms with Gasteiger partial charge in [0.25, 0.3) is 0 Å². The lowest BCUT2D eigenvalue weighted by Crippen LogP contribution is -2.24. The molecule has 1 aliphatic heterocycles. The van der Waals surface area contributed by atoms with Gasteiger partial charge in [-0.25, -0.2) is 9.37 Å². The molecule has 0 radical (unpaired) electrons. The van der Waals surface area contributed by atoms with Gasteiger partial charge in [-0.05, 0) is 54.1 Å². The van der Waals surface area contributed by atoms with Gasteiger partial charge in [-0.2, -0.15) is 5.10 Å². The predicted octanol–water partition coefficient (Wildman–Crippen LogP) is 5.26. The third kappa shape index (κ3) is 6.14. The van der Waals surface area contributed by atoms with Crippen molar-refractivity contribution in [3.63, 3.8) is 0 Å². The fraction of sp³-hybridized carbons (Fsp3) is 0.345. The minimum absolute atomic E-state index is 0.0682. The first-order valence-electron chi connectivity index (χ1n) is 12.6. The molecular formula is C29H35FN6O. The van der Waals surface area contributed by atoms with Crippen molar-refractivity contribution in [2.75, 3.05) is 18.4 Å². The Morgan fingerprint density at radius 2 is 2.08 bits per heavy atom. The number of hydrogen-bond acceptors (Lipinski definition) is 5. The topological polar surface area (TPSA) is 94.7 Å². The summed E-state index contributed by atoms with van der Waals surface area (Å²) in [6.45, 7) is 13.8. The Morgan fingerprint density at radius 1 is 1.27 bits per heavy atom. The van der Waals surface area contributed by atoms with E-state index in [0.29, 0.717) is 28.2 Å². The molecule has 1 fully saturated rings. The van der Waals surface area contributed by atoms with Gasteiger partial charge in [0, 0.05) is 36.5 Å². The molecule has 8 heteroatoms. The molecule has 0 unspecified atom stereocenters. The number of fused-ring (bicyclic) bond motifs is 1. The molecule has 1 atom stereocenters. The van der Waals surface area contributed by atoms with Crippen LogP contribution in [0.3, 0.4) is 0 Å². The van der Waals surface area contributed by atoms with Crippen LogP contribution < -0.4 is 16.0 Å². The summed E-state index contributed by atoms with van der Waals surface area (Å²) < 4.78 is 15.1. The van der Waals surface area contributed by atoms with E-state index >= 15 is 4.39 Å². The van der Waals surface area contributed by atoms with Crippen LogP contribution in [-0.4, -0.2) is 40.2 Å². The first kappa shape index (κ1) is 26.3. The number of aromatic amines is 1. The highest BCUT2D eigenvalue weighted by molar-refractivity contribution is 6.00. The molecule has 3 aromatic rings. The average Bonchev–Trinajstić information content (AvgIpc) is 3.53. The zero-order valence-electron chi connectivity index (χ0n) is 21.9. The lowest BCUT2D eigenvalue weighted by Gasteiger charge is -2.19. The Labute approximate surface area is 217 Å². The number of anilines is 1. The summed E-state index contributed by atoms with van der Waals surface area (Å²) >= 11 is 0. The van der Waals surface area contributed by atoms with E-state index in [1.54, 1.807) is 31.3 Å². The van der Waals surface area contributed by atoms with Crippen LogP contribution in [0.5, 0.6) is 0 Å². The van der Waals surface area contributed by atoms with Crippen LogP contribution in [0, 0.1) is 11.2 Å². The molecule has 3 heterocycles. The van der Waals surface area contributed by atoms with Crippen molar-refractivity contribution in [1.29, 1.82) is 0 Å². The number of H-pyrrole nitrogens is 1. The number of nitrogens with one attached hydrogen (secondary N) is 4. The number of rotatable bonds is 8. The Hall–Kier alpha value is -3.78. The van der Waals surface area contributed by atoms with Crippen molar-refractivity contribution >= 4 is 22.8 Å². The molecule has 0 bridgehead atoms. The maximum Gasteiger partial charge on any atom is 0.247 e. The zero-order valence-corrected chi connectivity index (χ0v) is 21.9.